The van der Waals surface area contributed by atoms with Crippen LogP contribution in [0.5, 0.6) is 0 Å². The molecule has 0 aromatic rings. The first-order valence-corrected chi connectivity index (χ1v) is 4.49. The third-order valence-electron chi connectivity index (χ3n) is 1.58. The van der Waals surface area contributed by atoms with Crippen LogP contribution >= 0.6 is 0 Å². The Hall–Kier alpha value is -1.96. The molecule has 8 nitrogen and oxygen atoms in total. The molecule has 1 aliphatic heterocycles. The zero-order chi connectivity index (χ0) is 12.6. The smallest absolute Gasteiger partial charge is 0.243 e. The molecule has 16 heavy (non-hydrogen) atoms. The lowest BCUT2D eigenvalue weighted by molar-refractivity contribution is -0.131. The number of hydrogen-bond donors (Lipinski definition) is 4. The number of hydroxylamine groups is 1. The van der Waals surface area contributed by atoms with E-state index in [0.29, 0.717) is 12.8 Å². The van der Waals surface area contributed by atoms with Crippen molar-refractivity contribution in [2.45, 2.75) is 25.7 Å². The number of nitrogens with two attached hydrogens (primary N) is 1. The van der Waals surface area contributed by atoms with Crippen LogP contribution in [-0.4, -0.2) is 28.8 Å². The van der Waals surface area contributed by atoms with E-state index in [9.17, 15) is 19.2 Å². The van der Waals surface area contributed by atoms with E-state index in [1.165, 1.54) is 5.48 Å². The topological polar surface area (TPSA) is 139 Å². The minimum Gasteiger partial charge on any atom is -0.370 e. The zero-order valence-electron chi connectivity index (χ0n) is 8.49. The highest BCUT2D eigenvalue weighted by Gasteiger charge is 2.15. The second-order valence-electron chi connectivity index (χ2n) is 2.97. The number of hydrogen-bond acceptors (Lipinski definition) is 5. The highest BCUT2D eigenvalue weighted by molar-refractivity contribution is 6.01. The van der Waals surface area contributed by atoms with Gasteiger partial charge in [-0.3, -0.25) is 29.7 Å². The lowest BCUT2D eigenvalue weighted by Gasteiger charge is -1.92. The van der Waals surface area contributed by atoms with Crippen molar-refractivity contribution in [1.82, 2.24) is 10.8 Å². The van der Waals surface area contributed by atoms with Gasteiger partial charge in [0.25, 0.3) is 0 Å². The quantitative estimate of drug-likeness (QED) is 0.257. The van der Waals surface area contributed by atoms with E-state index >= 15 is 0 Å². The summed E-state index contributed by atoms with van der Waals surface area (Å²) in [6.07, 6.45) is 0.649. The first kappa shape index (κ1) is 14.0. The van der Waals surface area contributed by atoms with E-state index < -0.39 is 11.8 Å². The van der Waals surface area contributed by atoms with Crippen molar-refractivity contribution in [2.24, 2.45) is 5.73 Å². The van der Waals surface area contributed by atoms with Gasteiger partial charge in [0, 0.05) is 25.7 Å². The largest absolute Gasteiger partial charge is 0.370 e. The SMILES string of the molecule is NC(=O)CCC(=O)NO.O=C1CCC(=O)N1. The van der Waals surface area contributed by atoms with Gasteiger partial charge in [0.1, 0.15) is 0 Å². The van der Waals surface area contributed by atoms with Gasteiger partial charge in [0.15, 0.2) is 0 Å². The second kappa shape index (κ2) is 7.35. The van der Waals surface area contributed by atoms with Crippen LogP contribution in [0, 0.1) is 0 Å². The third kappa shape index (κ3) is 7.44. The normalized spacial score (nSPS) is 13.6. The van der Waals surface area contributed by atoms with Crippen molar-refractivity contribution in [1.29, 1.82) is 0 Å². The minimum absolute atomic E-state index is 0.0353. The van der Waals surface area contributed by atoms with Crippen molar-refractivity contribution in [2.75, 3.05) is 0 Å². The molecule has 1 heterocycles. The summed E-state index contributed by atoms with van der Waals surface area (Å²) in [4.78, 5) is 40.4. The van der Waals surface area contributed by atoms with E-state index in [1.54, 1.807) is 0 Å². The Labute approximate surface area is 91.1 Å². The van der Waals surface area contributed by atoms with Gasteiger partial charge in [-0.2, -0.15) is 0 Å². The van der Waals surface area contributed by atoms with Crippen molar-refractivity contribution in [3.63, 3.8) is 0 Å². The maximum absolute atomic E-state index is 10.1. The minimum atomic E-state index is -0.603. The van der Waals surface area contributed by atoms with E-state index in [2.05, 4.69) is 5.32 Å². The molecule has 0 radical (unpaired) electrons. The van der Waals surface area contributed by atoms with Gasteiger partial charge in [-0.15, -0.1) is 0 Å². The van der Waals surface area contributed by atoms with Crippen LogP contribution in [-0.2, 0) is 19.2 Å². The first-order chi connectivity index (χ1) is 7.45. The molecule has 0 aromatic heterocycles. The van der Waals surface area contributed by atoms with E-state index in [4.69, 9.17) is 10.9 Å². The monoisotopic (exact) mass is 231 g/mol. The summed E-state index contributed by atoms with van der Waals surface area (Å²) in [6, 6.07) is 0. The van der Waals surface area contributed by atoms with Crippen LogP contribution in [0.1, 0.15) is 25.7 Å². The summed E-state index contributed by atoms with van der Waals surface area (Å²) in [7, 11) is 0. The Bertz CT molecular complexity index is 288. The molecule has 1 saturated heterocycles. The molecule has 1 rings (SSSR count). The molecule has 4 amide bonds. The summed E-state index contributed by atoms with van der Waals surface area (Å²) >= 11 is 0. The van der Waals surface area contributed by atoms with Crippen molar-refractivity contribution >= 4 is 23.6 Å². The molecule has 0 unspecified atom stereocenters. The van der Waals surface area contributed by atoms with Crippen molar-refractivity contribution in [3.05, 3.63) is 0 Å². The molecule has 0 atom stereocenters. The first-order valence-electron chi connectivity index (χ1n) is 4.49. The van der Waals surface area contributed by atoms with Crippen LogP contribution in [0.4, 0.5) is 0 Å². The fraction of sp³-hybridized carbons (Fsp3) is 0.500. The fourth-order valence-electron chi connectivity index (χ4n) is 0.800. The summed E-state index contributed by atoms with van der Waals surface area (Å²) in [6.45, 7) is 0. The number of carbonyl (C=O) groups is 4. The second-order valence-corrected chi connectivity index (χ2v) is 2.97. The van der Waals surface area contributed by atoms with Gasteiger partial charge >= 0.3 is 0 Å². The standard InChI is InChI=1S/C4H8N2O3.C4H5NO2/c5-3(7)1-2-4(8)6-9;6-3-1-2-4(7)5-3/h9H,1-2H2,(H2,5,7)(H,6,8);1-2H2,(H,5,6,7). The van der Waals surface area contributed by atoms with E-state index in [0.717, 1.165) is 0 Å². The number of rotatable bonds is 3. The van der Waals surface area contributed by atoms with Crippen molar-refractivity contribution in [3.8, 4) is 0 Å². The maximum atomic E-state index is 10.1. The molecular formula is C8H13N3O5. The van der Waals surface area contributed by atoms with Crippen molar-refractivity contribution < 1.29 is 24.4 Å². The maximum Gasteiger partial charge on any atom is 0.243 e. The fourth-order valence-corrected chi connectivity index (χ4v) is 0.800. The Kier molecular flexibility index (Phi) is 6.45. The number of amides is 4. The Morgan fingerprint density at radius 2 is 1.75 bits per heavy atom. The van der Waals surface area contributed by atoms with Gasteiger partial charge in [-0.05, 0) is 0 Å². The van der Waals surface area contributed by atoms with E-state index in [1.807, 2.05) is 0 Å². The number of imide groups is 1. The number of primary amides is 1. The molecule has 0 aliphatic carbocycles. The molecule has 8 heteroatoms. The average Bonchev–Trinajstić information content (AvgIpc) is 2.59. The molecular weight excluding hydrogens is 218 g/mol. The van der Waals surface area contributed by atoms with Crippen LogP contribution in [0.15, 0.2) is 0 Å². The molecule has 90 valence electrons. The third-order valence-corrected chi connectivity index (χ3v) is 1.58. The Morgan fingerprint density at radius 3 is 2.00 bits per heavy atom. The average molecular weight is 231 g/mol. The molecule has 0 bridgehead atoms. The van der Waals surface area contributed by atoms with Gasteiger partial charge in [0.05, 0.1) is 0 Å². The van der Waals surface area contributed by atoms with Crippen LogP contribution in [0.2, 0.25) is 0 Å². The van der Waals surface area contributed by atoms with Gasteiger partial charge in [-0.25, -0.2) is 5.48 Å². The highest BCUT2D eigenvalue weighted by atomic mass is 16.5. The molecule has 5 N–H and O–H groups in total. The van der Waals surface area contributed by atoms with E-state index in [-0.39, 0.29) is 24.7 Å². The number of nitrogens with one attached hydrogen (secondary N) is 2. The van der Waals surface area contributed by atoms with Crippen LogP contribution < -0.4 is 16.5 Å². The van der Waals surface area contributed by atoms with Gasteiger partial charge in [-0.1, -0.05) is 0 Å². The summed E-state index contributed by atoms with van der Waals surface area (Å²) in [5.41, 5.74) is 6.07. The predicted octanol–water partition coefficient (Wildman–Crippen LogP) is -1.82. The Morgan fingerprint density at radius 1 is 1.25 bits per heavy atom. The lowest BCUT2D eigenvalue weighted by Crippen LogP contribution is -2.21. The lowest BCUT2D eigenvalue weighted by atomic mass is 10.3. The number of carbonyl (C=O) groups excluding carboxylic acids is 4. The molecule has 0 saturated carbocycles. The van der Waals surface area contributed by atoms with Crippen LogP contribution in [0.25, 0.3) is 0 Å². The van der Waals surface area contributed by atoms with Gasteiger partial charge in [0.2, 0.25) is 23.6 Å². The molecule has 0 spiro atoms. The molecule has 0 aromatic carbocycles. The zero-order valence-corrected chi connectivity index (χ0v) is 8.49. The van der Waals surface area contributed by atoms with Crippen LogP contribution in [0.3, 0.4) is 0 Å². The highest BCUT2D eigenvalue weighted by Crippen LogP contribution is 1.95. The summed E-state index contributed by atoms with van der Waals surface area (Å²) in [5.74, 6) is -1.46. The molecule has 1 aliphatic rings. The summed E-state index contributed by atoms with van der Waals surface area (Å²) < 4.78 is 0. The predicted molar refractivity (Wildman–Crippen MR) is 50.7 cm³/mol. The summed E-state index contributed by atoms with van der Waals surface area (Å²) in [5, 5.41) is 10.0. The van der Waals surface area contributed by atoms with Gasteiger partial charge < -0.3 is 5.73 Å². The Balaban J connectivity index is 0.000000288. The molecule has 1 fully saturated rings.